The maximum absolute atomic E-state index is 11.1. The summed E-state index contributed by atoms with van der Waals surface area (Å²) in [7, 11) is 1.29. The van der Waals surface area contributed by atoms with Gasteiger partial charge < -0.3 is 4.74 Å². The molecule has 0 spiro atoms. The smallest absolute Gasteiger partial charge is 0.310 e. The molecule has 0 N–H and O–H groups in total. The molecule has 0 saturated carbocycles. The Labute approximate surface area is 104 Å². The summed E-state index contributed by atoms with van der Waals surface area (Å²) in [5, 5.41) is 9.38. The standard InChI is InChI=1S/C11H9Cl2NO2/c1-16-11(15)4-7-3-10(13)8(5-12)2-9(7)6-14/h2-3H,4-5H2,1H3. The third-order valence-corrected chi connectivity index (χ3v) is 2.74. The van der Waals surface area contributed by atoms with Crippen LogP contribution in [-0.2, 0) is 21.8 Å². The van der Waals surface area contributed by atoms with Crippen molar-refractivity contribution < 1.29 is 9.53 Å². The first-order valence-electron chi connectivity index (χ1n) is 4.46. The minimum absolute atomic E-state index is 0.0294. The molecule has 0 radical (unpaired) electrons. The second-order valence-electron chi connectivity index (χ2n) is 3.10. The summed E-state index contributed by atoms with van der Waals surface area (Å²) in [5.74, 6) is -0.183. The quantitative estimate of drug-likeness (QED) is 0.618. The zero-order valence-corrected chi connectivity index (χ0v) is 10.1. The van der Waals surface area contributed by atoms with Gasteiger partial charge in [-0.2, -0.15) is 5.26 Å². The Kier molecular flexibility index (Phi) is 4.60. The van der Waals surface area contributed by atoms with Gasteiger partial charge in [0.15, 0.2) is 0 Å². The molecule has 0 saturated heterocycles. The van der Waals surface area contributed by atoms with Gasteiger partial charge in [0.2, 0.25) is 0 Å². The molecule has 0 aromatic heterocycles. The van der Waals surface area contributed by atoms with Crippen molar-refractivity contribution in [1.82, 2.24) is 0 Å². The number of benzene rings is 1. The third kappa shape index (κ3) is 2.88. The molecule has 0 heterocycles. The van der Waals surface area contributed by atoms with Crippen LogP contribution in [0.2, 0.25) is 5.02 Å². The van der Waals surface area contributed by atoms with Gasteiger partial charge in [0, 0.05) is 10.9 Å². The number of methoxy groups -OCH3 is 1. The molecule has 0 aliphatic carbocycles. The van der Waals surface area contributed by atoms with E-state index in [0.29, 0.717) is 21.7 Å². The first-order valence-corrected chi connectivity index (χ1v) is 5.37. The minimum Gasteiger partial charge on any atom is -0.469 e. The molecule has 3 nitrogen and oxygen atoms in total. The van der Waals surface area contributed by atoms with Gasteiger partial charge in [-0.1, -0.05) is 11.6 Å². The lowest BCUT2D eigenvalue weighted by Gasteiger charge is -2.06. The zero-order valence-electron chi connectivity index (χ0n) is 8.59. The van der Waals surface area contributed by atoms with Crippen LogP contribution in [0.25, 0.3) is 0 Å². The Morgan fingerprint density at radius 1 is 1.50 bits per heavy atom. The predicted octanol–water partition coefficient (Wildman–Crippen LogP) is 2.67. The third-order valence-electron chi connectivity index (χ3n) is 2.10. The number of esters is 1. The van der Waals surface area contributed by atoms with E-state index in [-0.39, 0.29) is 12.3 Å². The lowest BCUT2D eigenvalue weighted by atomic mass is 10.0. The van der Waals surface area contributed by atoms with Crippen molar-refractivity contribution >= 4 is 29.2 Å². The number of halogens is 2. The average molecular weight is 258 g/mol. The first kappa shape index (κ1) is 12.8. The average Bonchev–Trinajstić information content (AvgIpc) is 2.29. The number of carbonyl (C=O) groups excluding carboxylic acids is 1. The van der Waals surface area contributed by atoms with Gasteiger partial charge in [0.05, 0.1) is 25.2 Å². The van der Waals surface area contributed by atoms with E-state index >= 15 is 0 Å². The number of rotatable bonds is 3. The molecule has 16 heavy (non-hydrogen) atoms. The first-order chi connectivity index (χ1) is 7.62. The maximum Gasteiger partial charge on any atom is 0.310 e. The van der Waals surface area contributed by atoms with Crippen LogP contribution < -0.4 is 0 Å². The van der Waals surface area contributed by atoms with Crippen molar-refractivity contribution in [2.45, 2.75) is 12.3 Å². The van der Waals surface area contributed by atoms with E-state index in [1.807, 2.05) is 6.07 Å². The Balaban J connectivity index is 3.14. The van der Waals surface area contributed by atoms with E-state index < -0.39 is 5.97 Å². The highest BCUT2D eigenvalue weighted by Crippen LogP contribution is 2.23. The fourth-order valence-corrected chi connectivity index (χ4v) is 1.78. The summed E-state index contributed by atoms with van der Waals surface area (Å²) >= 11 is 11.6. The molecule has 0 aliphatic rings. The van der Waals surface area contributed by atoms with E-state index in [0.717, 1.165) is 0 Å². The molecule has 0 bridgehead atoms. The largest absolute Gasteiger partial charge is 0.469 e. The fraction of sp³-hybridized carbons (Fsp3) is 0.273. The number of alkyl halides is 1. The number of hydrogen-bond acceptors (Lipinski definition) is 3. The van der Waals surface area contributed by atoms with Gasteiger partial charge >= 0.3 is 5.97 Å². The van der Waals surface area contributed by atoms with Crippen LogP contribution >= 0.6 is 23.2 Å². The molecule has 0 unspecified atom stereocenters. The number of hydrogen-bond donors (Lipinski definition) is 0. The lowest BCUT2D eigenvalue weighted by Crippen LogP contribution is -2.06. The number of carbonyl (C=O) groups is 1. The topological polar surface area (TPSA) is 50.1 Å². The molecule has 1 rings (SSSR count). The Morgan fingerprint density at radius 2 is 2.19 bits per heavy atom. The molecular formula is C11H9Cl2NO2. The van der Waals surface area contributed by atoms with Crippen LogP contribution in [0.4, 0.5) is 0 Å². The van der Waals surface area contributed by atoms with Crippen LogP contribution in [0, 0.1) is 11.3 Å². The normalized spacial score (nSPS) is 9.62. The highest BCUT2D eigenvalue weighted by Gasteiger charge is 2.11. The molecule has 0 aliphatic heterocycles. The molecule has 0 fully saturated rings. The SMILES string of the molecule is COC(=O)Cc1cc(Cl)c(CCl)cc1C#N. The second kappa shape index (κ2) is 5.74. The Hall–Kier alpha value is -1.24. The van der Waals surface area contributed by atoms with Crippen molar-refractivity contribution in [1.29, 1.82) is 5.26 Å². The highest BCUT2D eigenvalue weighted by atomic mass is 35.5. The van der Waals surface area contributed by atoms with Crippen LogP contribution in [0.1, 0.15) is 16.7 Å². The summed E-state index contributed by atoms with van der Waals surface area (Å²) in [6, 6.07) is 5.17. The van der Waals surface area contributed by atoms with Crippen LogP contribution in [-0.4, -0.2) is 13.1 Å². The molecule has 84 valence electrons. The summed E-state index contributed by atoms with van der Waals surface area (Å²) in [5.41, 5.74) is 1.62. The van der Waals surface area contributed by atoms with Crippen LogP contribution in [0.15, 0.2) is 12.1 Å². The van der Waals surface area contributed by atoms with Crippen LogP contribution in [0.3, 0.4) is 0 Å². The lowest BCUT2D eigenvalue weighted by molar-refractivity contribution is -0.139. The van der Waals surface area contributed by atoms with Crippen molar-refractivity contribution in [3.63, 3.8) is 0 Å². The summed E-state index contributed by atoms with van der Waals surface area (Å²) in [4.78, 5) is 11.1. The maximum atomic E-state index is 11.1. The van der Waals surface area contributed by atoms with Gasteiger partial charge in [-0.15, -0.1) is 11.6 Å². The van der Waals surface area contributed by atoms with Crippen molar-refractivity contribution in [2.24, 2.45) is 0 Å². The monoisotopic (exact) mass is 257 g/mol. The predicted molar refractivity (Wildman–Crippen MR) is 61.4 cm³/mol. The van der Waals surface area contributed by atoms with E-state index in [9.17, 15) is 4.79 Å². The van der Waals surface area contributed by atoms with Gasteiger partial charge in [0.25, 0.3) is 0 Å². The molecule has 0 atom stereocenters. The van der Waals surface area contributed by atoms with Crippen molar-refractivity contribution in [3.05, 3.63) is 33.8 Å². The minimum atomic E-state index is -0.411. The molecule has 1 aromatic carbocycles. The number of nitriles is 1. The molecular weight excluding hydrogens is 249 g/mol. The summed E-state index contributed by atoms with van der Waals surface area (Å²) in [6.45, 7) is 0. The summed E-state index contributed by atoms with van der Waals surface area (Å²) in [6.07, 6.45) is 0.0294. The highest BCUT2D eigenvalue weighted by molar-refractivity contribution is 6.32. The molecule has 0 amide bonds. The van der Waals surface area contributed by atoms with Crippen molar-refractivity contribution in [2.75, 3.05) is 7.11 Å². The number of ether oxygens (including phenoxy) is 1. The van der Waals surface area contributed by atoms with E-state index in [4.69, 9.17) is 28.5 Å². The molecule has 1 aromatic rings. The second-order valence-corrected chi connectivity index (χ2v) is 3.77. The van der Waals surface area contributed by atoms with Gasteiger partial charge in [0.1, 0.15) is 0 Å². The van der Waals surface area contributed by atoms with Gasteiger partial charge in [-0.3, -0.25) is 4.79 Å². The van der Waals surface area contributed by atoms with E-state index in [1.54, 1.807) is 12.1 Å². The van der Waals surface area contributed by atoms with E-state index in [2.05, 4.69) is 4.74 Å². The zero-order chi connectivity index (χ0) is 12.1. The summed E-state index contributed by atoms with van der Waals surface area (Å²) < 4.78 is 4.53. The Morgan fingerprint density at radius 3 is 2.69 bits per heavy atom. The number of nitrogens with zero attached hydrogens (tertiary/aromatic N) is 1. The Bertz CT molecular complexity index is 452. The van der Waals surface area contributed by atoms with Gasteiger partial charge in [-0.05, 0) is 23.3 Å². The molecule has 5 heteroatoms. The van der Waals surface area contributed by atoms with Crippen molar-refractivity contribution in [3.8, 4) is 6.07 Å². The van der Waals surface area contributed by atoms with E-state index in [1.165, 1.54) is 7.11 Å². The van der Waals surface area contributed by atoms with Crippen LogP contribution in [0.5, 0.6) is 0 Å². The fourth-order valence-electron chi connectivity index (χ4n) is 1.24. The van der Waals surface area contributed by atoms with Gasteiger partial charge in [-0.25, -0.2) is 0 Å².